The first kappa shape index (κ1) is 7.53. The lowest BCUT2D eigenvalue weighted by molar-refractivity contribution is -0.121. The summed E-state index contributed by atoms with van der Waals surface area (Å²) in [5.41, 5.74) is 0.954. The van der Waals surface area contributed by atoms with Gasteiger partial charge in [0, 0.05) is 12.4 Å². The van der Waals surface area contributed by atoms with Gasteiger partial charge in [0.15, 0.2) is 5.65 Å². The molecule has 13 heavy (non-hydrogen) atoms. The van der Waals surface area contributed by atoms with Crippen LogP contribution < -0.4 is 4.74 Å². The highest BCUT2D eigenvalue weighted by Crippen LogP contribution is 2.06. The third-order valence-electron chi connectivity index (χ3n) is 1.36. The highest BCUT2D eigenvalue weighted by Gasteiger charge is 2.00. The Balaban J connectivity index is 2.55. The number of hydrogen-bond acceptors (Lipinski definition) is 6. The lowest BCUT2D eigenvalue weighted by atomic mass is 10.5. The second kappa shape index (κ2) is 3.10. The molecule has 0 aliphatic heterocycles. The minimum atomic E-state index is -0.0250. The Morgan fingerprint density at radius 1 is 1.23 bits per heavy atom. The molecule has 6 heteroatoms. The van der Waals surface area contributed by atoms with Gasteiger partial charge in [-0.2, -0.15) is 4.98 Å². The van der Waals surface area contributed by atoms with Gasteiger partial charge in [0.25, 0.3) is 0 Å². The van der Waals surface area contributed by atoms with E-state index in [9.17, 15) is 4.79 Å². The number of hydrogen-bond donors (Lipinski definition) is 0. The van der Waals surface area contributed by atoms with Crippen molar-refractivity contribution in [2.75, 3.05) is 0 Å². The fourth-order valence-electron chi connectivity index (χ4n) is 0.854. The van der Waals surface area contributed by atoms with E-state index in [1.165, 1.54) is 18.6 Å². The summed E-state index contributed by atoms with van der Waals surface area (Å²) in [6.45, 7) is 0.261. The van der Waals surface area contributed by atoms with Gasteiger partial charge in [-0.1, -0.05) is 0 Å². The van der Waals surface area contributed by atoms with Crippen LogP contribution in [0.1, 0.15) is 0 Å². The molecule has 0 spiro atoms. The lowest BCUT2D eigenvalue weighted by Gasteiger charge is -1.95. The zero-order valence-electron chi connectivity index (χ0n) is 6.41. The number of nitrogens with zero attached hydrogens (tertiary/aromatic N) is 4. The molecule has 0 amide bonds. The fourth-order valence-corrected chi connectivity index (χ4v) is 0.854. The molecule has 0 saturated carbocycles. The largest absolute Gasteiger partial charge is 0.393 e. The van der Waals surface area contributed by atoms with Gasteiger partial charge < -0.3 is 4.74 Å². The van der Waals surface area contributed by atoms with Gasteiger partial charge in [-0.15, -0.1) is 0 Å². The summed E-state index contributed by atoms with van der Waals surface area (Å²) >= 11 is 0. The summed E-state index contributed by atoms with van der Waals surface area (Å²) < 4.78 is 4.44. The molecular formula is C7H4N4O2. The highest BCUT2D eigenvalue weighted by molar-refractivity contribution is 5.67. The Labute approximate surface area is 72.6 Å². The Bertz CT molecular complexity index is 445. The topological polar surface area (TPSA) is 77.9 Å². The molecule has 2 aromatic rings. The van der Waals surface area contributed by atoms with Crippen LogP contribution >= 0.6 is 0 Å². The first-order chi connectivity index (χ1) is 6.40. The van der Waals surface area contributed by atoms with Crippen LogP contribution in [0.25, 0.3) is 11.2 Å². The first-order valence-corrected chi connectivity index (χ1v) is 3.44. The molecule has 0 N–H and O–H groups in total. The van der Waals surface area contributed by atoms with Crippen LogP contribution in [0.5, 0.6) is 6.01 Å². The van der Waals surface area contributed by atoms with Crippen molar-refractivity contribution in [3.8, 4) is 6.01 Å². The van der Waals surface area contributed by atoms with Gasteiger partial charge >= 0.3 is 12.5 Å². The average Bonchev–Trinajstić information content (AvgIpc) is 2.18. The van der Waals surface area contributed by atoms with E-state index in [4.69, 9.17) is 0 Å². The van der Waals surface area contributed by atoms with Crippen molar-refractivity contribution in [1.29, 1.82) is 0 Å². The van der Waals surface area contributed by atoms with E-state index < -0.39 is 0 Å². The van der Waals surface area contributed by atoms with Crippen LogP contribution in [0, 0.1) is 0 Å². The molecule has 0 bridgehead atoms. The summed E-state index contributed by atoms with van der Waals surface area (Å²) in [5, 5.41) is 0. The number of carbonyl (C=O) groups excluding carboxylic acids is 1. The van der Waals surface area contributed by atoms with Gasteiger partial charge in [-0.05, 0) is 0 Å². The molecule has 0 radical (unpaired) electrons. The molecule has 0 aromatic carbocycles. The van der Waals surface area contributed by atoms with Crippen LogP contribution in [-0.4, -0.2) is 26.4 Å². The Morgan fingerprint density at radius 3 is 2.92 bits per heavy atom. The van der Waals surface area contributed by atoms with Crippen LogP contribution in [0.4, 0.5) is 0 Å². The van der Waals surface area contributed by atoms with Gasteiger partial charge in [-0.25, -0.2) is 15.0 Å². The van der Waals surface area contributed by atoms with Crippen LogP contribution in [0.2, 0.25) is 0 Å². The summed E-state index contributed by atoms with van der Waals surface area (Å²) in [6.07, 6.45) is 4.47. The molecular weight excluding hydrogens is 172 g/mol. The summed E-state index contributed by atoms with van der Waals surface area (Å²) in [7, 11) is 0. The van der Waals surface area contributed by atoms with Crippen molar-refractivity contribution in [3.63, 3.8) is 0 Å². The summed E-state index contributed by atoms with van der Waals surface area (Å²) in [5.74, 6) is 0. The van der Waals surface area contributed by atoms with Gasteiger partial charge in [0.1, 0.15) is 5.52 Å². The standard InChI is InChI=1S/C7H4N4O2/c12-4-13-7-10-3-5-6(11-7)9-2-1-8-5/h1-4H. The molecule has 0 aliphatic rings. The minimum Gasteiger partial charge on any atom is -0.393 e. The average molecular weight is 176 g/mol. The van der Waals surface area contributed by atoms with Crippen molar-refractivity contribution in [2.45, 2.75) is 0 Å². The van der Waals surface area contributed by atoms with Crippen LogP contribution in [0.15, 0.2) is 18.6 Å². The monoisotopic (exact) mass is 176 g/mol. The Kier molecular flexibility index (Phi) is 1.79. The highest BCUT2D eigenvalue weighted by atomic mass is 16.5. The second-order valence-electron chi connectivity index (χ2n) is 2.13. The number of ether oxygens (including phenoxy) is 1. The van der Waals surface area contributed by atoms with E-state index in [0.29, 0.717) is 11.2 Å². The number of aromatic nitrogens is 4. The van der Waals surface area contributed by atoms with Crippen LogP contribution in [-0.2, 0) is 4.79 Å². The molecule has 6 nitrogen and oxygen atoms in total. The molecule has 0 aliphatic carbocycles. The summed E-state index contributed by atoms with van der Waals surface area (Å²) in [4.78, 5) is 25.4. The smallest absolute Gasteiger partial charge is 0.326 e. The quantitative estimate of drug-likeness (QED) is 0.597. The Hall–Kier alpha value is -2.11. The zero-order valence-corrected chi connectivity index (χ0v) is 6.41. The molecule has 2 aromatic heterocycles. The first-order valence-electron chi connectivity index (χ1n) is 3.44. The maximum absolute atomic E-state index is 9.97. The predicted octanol–water partition coefficient (Wildman–Crippen LogP) is -0.0450. The lowest BCUT2D eigenvalue weighted by Crippen LogP contribution is -1.96. The van der Waals surface area contributed by atoms with Crippen molar-refractivity contribution >= 4 is 17.6 Å². The predicted molar refractivity (Wildman–Crippen MR) is 41.8 cm³/mol. The van der Waals surface area contributed by atoms with Crippen molar-refractivity contribution in [2.24, 2.45) is 0 Å². The van der Waals surface area contributed by atoms with Crippen molar-refractivity contribution < 1.29 is 9.53 Å². The number of carbonyl (C=O) groups is 1. The number of fused-ring (bicyclic) bond motifs is 1. The van der Waals surface area contributed by atoms with E-state index in [2.05, 4.69) is 24.7 Å². The molecule has 0 fully saturated rings. The third kappa shape index (κ3) is 1.41. The van der Waals surface area contributed by atoms with E-state index >= 15 is 0 Å². The molecule has 0 saturated heterocycles. The molecule has 0 atom stereocenters. The Morgan fingerprint density at radius 2 is 2.08 bits per heavy atom. The van der Waals surface area contributed by atoms with Gasteiger partial charge in [0.05, 0.1) is 6.20 Å². The minimum absolute atomic E-state index is 0.0250. The SMILES string of the molecule is O=COc1ncc2nccnc2n1. The second-order valence-corrected chi connectivity index (χ2v) is 2.13. The molecule has 64 valence electrons. The van der Waals surface area contributed by atoms with Crippen molar-refractivity contribution in [1.82, 2.24) is 19.9 Å². The number of rotatable bonds is 2. The maximum atomic E-state index is 9.97. The third-order valence-corrected chi connectivity index (χ3v) is 1.36. The van der Waals surface area contributed by atoms with E-state index in [0.717, 1.165) is 0 Å². The summed E-state index contributed by atoms with van der Waals surface area (Å²) in [6, 6.07) is -0.0250. The van der Waals surface area contributed by atoms with Gasteiger partial charge in [-0.3, -0.25) is 4.79 Å². The zero-order chi connectivity index (χ0) is 9.10. The molecule has 2 rings (SSSR count). The maximum Gasteiger partial charge on any atom is 0.326 e. The van der Waals surface area contributed by atoms with E-state index in [-0.39, 0.29) is 12.5 Å². The molecule has 2 heterocycles. The fraction of sp³-hybridized carbons (Fsp3) is 0. The van der Waals surface area contributed by atoms with Crippen LogP contribution in [0.3, 0.4) is 0 Å². The van der Waals surface area contributed by atoms with Crippen molar-refractivity contribution in [3.05, 3.63) is 18.6 Å². The van der Waals surface area contributed by atoms with Gasteiger partial charge in [0.2, 0.25) is 0 Å². The normalized spacial score (nSPS) is 9.85. The molecule has 0 unspecified atom stereocenters. The van der Waals surface area contributed by atoms with E-state index in [1.54, 1.807) is 0 Å². The van der Waals surface area contributed by atoms with E-state index in [1.807, 2.05) is 0 Å².